The van der Waals surface area contributed by atoms with Gasteiger partial charge in [0.15, 0.2) is 11.6 Å². The molecule has 0 atom stereocenters. The second-order valence-corrected chi connectivity index (χ2v) is 4.96. The molecule has 2 N–H and O–H groups in total. The van der Waals surface area contributed by atoms with E-state index in [0.29, 0.717) is 17.8 Å². The maximum Gasteiger partial charge on any atom is 0.159 e. The van der Waals surface area contributed by atoms with Gasteiger partial charge in [0, 0.05) is 12.2 Å². The summed E-state index contributed by atoms with van der Waals surface area (Å²) in [6, 6.07) is 11.2. The summed E-state index contributed by atoms with van der Waals surface area (Å²) in [5.41, 5.74) is 2.78. The van der Waals surface area contributed by atoms with E-state index in [-0.39, 0.29) is 6.61 Å². The zero-order chi connectivity index (χ0) is 16.2. The van der Waals surface area contributed by atoms with Crippen LogP contribution in [0, 0.1) is 11.6 Å². The Morgan fingerprint density at radius 1 is 1.04 bits per heavy atom. The van der Waals surface area contributed by atoms with Crippen LogP contribution in [0.5, 0.6) is 0 Å². The highest BCUT2D eigenvalue weighted by atomic mass is 19.2. The molecule has 2 aromatic carbocycles. The Morgan fingerprint density at radius 3 is 2.48 bits per heavy atom. The number of hydrogen-bond donors (Lipinski definition) is 2. The van der Waals surface area contributed by atoms with E-state index in [1.165, 1.54) is 12.1 Å². The summed E-state index contributed by atoms with van der Waals surface area (Å²) in [5.74, 6) is -1.71. The van der Waals surface area contributed by atoms with Crippen LogP contribution in [0.3, 0.4) is 0 Å². The van der Waals surface area contributed by atoms with Gasteiger partial charge < -0.3 is 10.4 Å². The molecule has 0 fully saturated rings. The van der Waals surface area contributed by atoms with Crippen molar-refractivity contribution in [3.05, 3.63) is 71.6 Å². The van der Waals surface area contributed by atoms with Crippen molar-refractivity contribution in [1.29, 1.82) is 0 Å². The van der Waals surface area contributed by atoms with Crippen molar-refractivity contribution in [2.45, 2.75) is 13.2 Å². The summed E-state index contributed by atoms with van der Waals surface area (Å²) >= 11 is 0. The average molecular weight is 316 g/mol. The standard InChI is InChI=1S/C16H14F2N4O/c17-15-6-1-11(7-16(15)18)8-19-12-2-4-14(5-3-12)22-9-13(10-23)20-21-22/h1-7,9,19,23H,8,10H2. The van der Waals surface area contributed by atoms with Gasteiger partial charge in [-0.2, -0.15) is 0 Å². The van der Waals surface area contributed by atoms with Crippen molar-refractivity contribution < 1.29 is 13.9 Å². The fourth-order valence-corrected chi connectivity index (χ4v) is 2.08. The molecule has 0 spiro atoms. The van der Waals surface area contributed by atoms with Crippen LogP contribution in [0.1, 0.15) is 11.3 Å². The third-order valence-corrected chi connectivity index (χ3v) is 3.32. The van der Waals surface area contributed by atoms with Crippen LogP contribution in [-0.4, -0.2) is 20.1 Å². The third-order valence-electron chi connectivity index (χ3n) is 3.32. The lowest BCUT2D eigenvalue weighted by Gasteiger charge is -2.08. The van der Waals surface area contributed by atoms with Gasteiger partial charge >= 0.3 is 0 Å². The van der Waals surface area contributed by atoms with Gasteiger partial charge in [0.05, 0.1) is 18.5 Å². The Hall–Kier alpha value is -2.80. The number of hydrogen-bond acceptors (Lipinski definition) is 4. The molecule has 0 amide bonds. The normalized spacial score (nSPS) is 10.7. The van der Waals surface area contributed by atoms with Gasteiger partial charge in [-0.1, -0.05) is 11.3 Å². The molecule has 0 saturated carbocycles. The highest BCUT2D eigenvalue weighted by Gasteiger charge is 2.04. The maximum absolute atomic E-state index is 13.1. The third kappa shape index (κ3) is 3.51. The Kier molecular flexibility index (Phi) is 4.29. The molecule has 1 heterocycles. The summed E-state index contributed by atoms with van der Waals surface area (Å²) in [7, 11) is 0. The molecule has 0 unspecified atom stereocenters. The first-order valence-corrected chi connectivity index (χ1v) is 6.96. The topological polar surface area (TPSA) is 63.0 Å². The van der Waals surface area contributed by atoms with E-state index in [1.54, 1.807) is 10.9 Å². The molecule has 0 bridgehead atoms. The van der Waals surface area contributed by atoms with E-state index in [0.717, 1.165) is 17.4 Å². The second-order valence-electron chi connectivity index (χ2n) is 4.96. The van der Waals surface area contributed by atoms with Crippen LogP contribution < -0.4 is 5.32 Å². The van der Waals surface area contributed by atoms with Gasteiger partial charge in [-0.15, -0.1) is 5.10 Å². The van der Waals surface area contributed by atoms with Gasteiger partial charge in [0.25, 0.3) is 0 Å². The summed E-state index contributed by atoms with van der Waals surface area (Å²) in [6.07, 6.45) is 1.64. The van der Waals surface area contributed by atoms with Gasteiger partial charge in [0.2, 0.25) is 0 Å². The monoisotopic (exact) mass is 316 g/mol. The molecule has 7 heteroatoms. The molecule has 5 nitrogen and oxygen atoms in total. The zero-order valence-corrected chi connectivity index (χ0v) is 12.1. The molecular weight excluding hydrogens is 302 g/mol. The summed E-state index contributed by atoms with van der Waals surface area (Å²) in [4.78, 5) is 0. The molecule has 1 aromatic heterocycles. The Labute approximate surface area is 131 Å². The molecule has 0 aliphatic rings. The average Bonchev–Trinajstić information content (AvgIpc) is 3.05. The largest absolute Gasteiger partial charge is 0.390 e. The minimum absolute atomic E-state index is 0.159. The highest BCUT2D eigenvalue weighted by molar-refractivity contribution is 5.48. The minimum atomic E-state index is -0.856. The number of nitrogens with zero attached hydrogens (tertiary/aromatic N) is 3. The number of rotatable bonds is 5. The number of halogens is 2. The van der Waals surface area contributed by atoms with Crippen LogP contribution in [-0.2, 0) is 13.2 Å². The minimum Gasteiger partial charge on any atom is -0.390 e. The fourth-order valence-electron chi connectivity index (χ4n) is 2.08. The Bertz CT molecular complexity index is 802. The Balaban J connectivity index is 1.66. The molecule has 0 radical (unpaired) electrons. The van der Waals surface area contributed by atoms with Gasteiger partial charge in [-0.25, -0.2) is 13.5 Å². The van der Waals surface area contributed by atoms with E-state index in [4.69, 9.17) is 5.11 Å². The fraction of sp³-hybridized carbons (Fsp3) is 0.125. The van der Waals surface area contributed by atoms with E-state index < -0.39 is 11.6 Å². The zero-order valence-electron chi connectivity index (χ0n) is 12.1. The lowest BCUT2D eigenvalue weighted by atomic mass is 10.2. The number of aromatic nitrogens is 3. The first kappa shape index (κ1) is 15.1. The van der Waals surface area contributed by atoms with Crippen molar-refractivity contribution in [1.82, 2.24) is 15.0 Å². The van der Waals surface area contributed by atoms with Gasteiger partial charge in [0.1, 0.15) is 5.69 Å². The first-order chi connectivity index (χ1) is 11.2. The smallest absolute Gasteiger partial charge is 0.159 e. The molecule has 3 aromatic rings. The molecule has 23 heavy (non-hydrogen) atoms. The highest BCUT2D eigenvalue weighted by Crippen LogP contribution is 2.15. The van der Waals surface area contributed by atoms with Crippen molar-refractivity contribution in [2.75, 3.05) is 5.32 Å². The number of aliphatic hydroxyl groups excluding tert-OH is 1. The van der Waals surface area contributed by atoms with Crippen molar-refractivity contribution >= 4 is 5.69 Å². The number of nitrogens with one attached hydrogen (secondary N) is 1. The quantitative estimate of drug-likeness (QED) is 0.759. The SMILES string of the molecule is OCc1cn(-c2ccc(NCc3ccc(F)c(F)c3)cc2)nn1. The number of aliphatic hydroxyl groups is 1. The van der Waals surface area contributed by atoms with Crippen molar-refractivity contribution in [3.8, 4) is 5.69 Å². The van der Waals surface area contributed by atoms with Crippen LogP contribution in [0.4, 0.5) is 14.5 Å². The maximum atomic E-state index is 13.1. The van der Waals surface area contributed by atoms with E-state index in [9.17, 15) is 8.78 Å². The lowest BCUT2D eigenvalue weighted by Crippen LogP contribution is -2.01. The van der Waals surface area contributed by atoms with Crippen molar-refractivity contribution in [3.63, 3.8) is 0 Å². The Morgan fingerprint density at radius 2 is 1.83 bits per heavy atom. The van der Waals surface area contributed by atoms with Crippen LogP contribution >= 0.6 is 0 Å². The molecule has 0 aliphatic carbocycles. The summed E-state index contributed by atoms with van der Waals surface area (Å²) in [5, 5.41) is 19.8. The van der Waals surface area contributed by atoms with Crippen LogP contribution in [0.2, 0.25) is 0 Å². The summed E-state index contributed by atoms with van der Waals surface area (Å²) < 4.78 is 27.6. The predicted molar refractivity (Wildman–Crippen MR) is 81.0 cm³/mol. The van der Waals surface area contributed by atoms with Crippen LogP contribution in [0.15, 0.2) is 48.7 Å². The number of benzene rings is 2. The first-order valence-electron chi connectivity index (χ1n) is 6.96. The van der Waals surface area contributed by atoms with Crippen LogP contribution in [0.25, 0.3) is 5.69 Å². The molecule has 0 saturated heterocycles. The molecule has 3 rings (SSSR count). The van der Waals surface area contributed by atoms with Gasteiger partial charge in [-0.3, -0.25) is 0 Å². The molecular formula is C16H14F2N4O. The van der Waals surface area contributed by atoms with Crippen molar-refractivity contribution in [2.24, 2.45) is 0 Å². The number of anilines is 1. The molecule has 118 valence electrons. The van der Waals surface area contributed by atoms with E-state index in [1.807, 2.05) is 24.3 Å². The van der Waals surface area contributed by atoms with E-state index in [2.05, 4.69) is 15.6 Å². The van der Waals surface area contributed by atoms with Gasteiger partial charge in [-0.05, 0) is 42.0 Å². The molecule has 0 aliphatic heterocycles. The predicted octanol–water partition coefficient (Wildman–Crippen LogP) is 2.65. The lowest BCUT2D eigenvalue weighted by molar-refractivity contribution is 0.276. The van der Waals surface area contributed by atoms with E-state index >= 15 is 0 Å². The summed E-state index contributed by atoms with van der Waals surface area (Å²) in [6.45, 7) is 0.225. The second kappa shape index (κ2) is 6.53.